The van der Waals surface area contributed by atoms with E-state index in [1.807, 2.05) is 0 Å². The van der Waals surface area contributed by atoms with E-state index in [9.17, 15) is 5.11 Å². The molecule has 1 heterocycles. The second kappa shape index (κ2) is 3.06. The van der Waals surface area contributed by atoms with E-state index in [0.717, 1.165) is 24.2 Å². The molecule has 0 aromatic heterocycles. The summed E-state index contributed by atoms with van der Waals surface area (Å²) in [4.78, 5) is 0. The quantitative estimate of drug-likeness (QED) is 0.716. The molecule has 1 aromatic rings. The third-order valence-electron chi connectivity index (χ3n) is 2.54. The third kappa shape index (κ3) is 1.55. The monoisotopic (exact) mass is 212 g/mol. The summed E-state index contributed by atoms with van der Waals surface area (Å²) in [6.07, 6.45) is 1.78. The summed E-state index contributed by atoms with van der Waals surface area (Å²) in [6, 6.07) is 3.35. The molecular weight excluding hydrogens is 200 g/mol. The first-order valence-corrected chi connectivity index (χ1v) is 5.07. The molecule has 0 saturated heterocycles. The van der Waals surface area contributed by atoms with Crippen LogP contribution in [-0.4, -0.2) is 10.7 Å². The van der Waals surface area contributed by atoms with Gasteiger partial charge in [0.25, 0.3) is 0 Å². The lowest BCUT2D eigenvalue weighted by Crippen LogP contribution is -2.32. The number of phenols is 1. The van der Waals surface area contributed by atoms with Gasteiger partial charge in [0, 0.05) is 5.56 Å². The van der Waals surface area contributed by atoms with Crippen molar-refractivity contribution in [2.45, 2.75) is 32.3 Å². The molecule has 76 valence electrons. The van der Waals surface area contributed by atoms with Crippen molar-refractivity contribution >= 4 is 11.6 Å². The third-order valence-corrected chi connectivity index (χ3v) is 2.96. The first kappa shape index (κ1) is 9.66. The lowest BCUT2D eigenvalue weighted by Gasteiger charge is -2.33. The van der Waals surface area contributed by atoms with E-state index in [0.29, 0.717) is 5.02 Å². The zero-order chi connectivity index (χ0) is 10.3. The highest BCUT2D eigenvalue weighted by Gasteiger charge is 2.28. The predicted molar refractivity (Wildman–Crippen MR) is 56.1 cm³/mol. The topological polar surface area (TPSA) is 29.5 Å². The molecule has 0 saturated carbocycles. The lowest BCUT2D eigenvalue weighted by molar-refractivity contribution is 0.0845. The fraction of sp³-hybridized carbons (Fsp3) is 0.455. The number of ether oxygens (including phenoxy) is 1. The van der Waals surface area contributed by atoms with Gasteiger partial charge in [-0.1, -0.05) is 11.6 Å². The Kier molecular flexibility index (Phi) is 2.11. The van der Waals surface area contributed by atoms with Gasteiger partial charge < -0.3 is 9.84 Å². The minimum absolute atomic E-state index is 0.132. The van der Waals surface area contributed by atoms with E-state index < -0.39 is 0 Å². The Morgan fingerprint density at radius 2 is 2.14 bits per heavy atom. The van der Waals surface area contributed by atoms with Crippen LogP contribution in [0.1, 0.15) is 25.8 Å². The zero-order valence-electron chi connectivity index (χ0n) is 8.30. The summed E-state index contributed by atoms with van der Waals surface area (Å²) in [5.74, 6) is 0.928. The minimum atomic E-state index is -0.132. The van der Waals surface area contributed by atoms with Crippen molar-refractivity contribution in [3.05, 3.63) is 22.7 Å². The van der Waals surface area contributed by atoms with Gasteiger partial charge in [0.1, 0.15) is 17.1 Å². The van der Waals surface area contributed by atoms with Crippen molar-refractivity contribution in [1.29, 1.82) is 0 Å². The SMILES string of the molecule is CC1(C)CCc2c(ccc(O)c2Cl)O1. The van der Waals surface area contributed by atoms with E-state index in [-0.39, 0.29) is 11.4 Å². The molecule has 3 heteroatoms. The molecule has 2 nitrogen and oxygen atoms in total. The summed E-state index contributed by atoms with van der Waals surface area (Å²) in [5.41, 5.74) is 0.791. The van der Waals surface area contributed by atoms with E-state index >= 15 is 0 Å². The Morgan fingerprint density at radius 3 is 2.86 bits per heavy atom. The first-order valence-electron chi connectivity index (χ1n) is 4.69. The fourth-order valence-corrected chi connectivity index (χ4v) is 1.95. The van der Waals surface area contributed by atoms with Crippen LogP contribution in [0.3, 0.4) is 0 Å². The Morgan fingerprint density at radius 1 is 1.43 bits per heavy atom. The number of hydrogen-bond acceptors (Lipinski definition) is 2. The maximum Gasteiger partial charge on any atom is 0.134 e. The first-order chi connectivity index (χ1) is 6.49. The van der Waals surface area contributed by atoms with Crippen LogP contribution in [0.2, 0.25) is 5.02 Å². The highest BCUT2D eigenvalue weighted by Crippen LogP contribution is 2.40. The zero-order valence-corrected chi connectivity index (χ0v) is 9.06. The predicted octanol–water partition coefficient (Wildman–Crippen LogP) is 3.15. The summed E-state index contributed by atoms with van der Waals surface area (Å²) < 4.78 is 5.76. The van der Waals surface area contributed by atoms with Gasteiger partial charge in [-0.15, -0.1) is 0 Å². The van der Waals surface area contributed by atoms with Gasteiger partial charge in [0.2, 0.25) is 0 Å². The highest BCUT2D eigenvalue weighted by molar-refractivity contribution is 6.33. The second-order valence-electron chi connectivity index (χ2n) is 4.24. The molecule has 1 aliphatic rings. The number of rotatable bonds is 0. The molecule has 1 aliphatic heterocycles. The van der Waals surface area contributed by atoms with Crippen LogP contribution in [0.25, 0.3) is 0 Å². The summed E-state index contributed by atoms with van der Waals surface area (Å²) >= 11 is 5.97. The average Bonchev–Trinajstić information content (AvgIpc) is 2.10. The molecule has 14 heavy (non-hydrogen) atoms. The van der Waals surface area contributed by atoms with Gasteiger partial charge >= 0.3 is 0 Å². The Hall–Kier alpha value is -0.890. The largest absolute Gasteiger partial charge is 0.506 e. The summed E-state index contributed by atoms with van der Waals surface area (Å²) in [5, 5.41) is 9.85. The van der Waals surface area contributed by atoms with Crippen molar-refractivity contribution in [3.8, 4) is 11.5 Å². The molecule has 0 unspecified atom stereocenters. The smallest absolute Gasteiger partial charge is 0.134 e. The van der Waals surface area contributed by atoms with Gasteiger partial charge in [0.05, 0.1) is 5.02 Å². The highest BCUT2D eigenvalue weighted by atomic mass is 35.5. The molecule has 1 N–H and O–H groups in total. The number of hydrogen-bond donors (Lipinski definition) is 1. The standard InChI is InChI=1S/C11H13ClO2/c1-11(2)6-5-7-9(14-11)4-3-8(13)10(7)12/h3-4,13H,5-6H2,1-2H3. The molecule has 0 atom stereocenters. The Balaban J connectivity index is 2.46. The van der Waals surface area contributed by atoms with Crippen molar-refractivity contribution in [2.75, 3.05) is 0 Å². The number of phenolic OH excluding ortho intramolecular Hbond substituents is 1. The second-order valence-corrected chi connectivity index (χ2v) is 4.62. The van der Waals surface area contributed by atoms with E-state index in [2.05, 4.69) is 13.8 Å². The normalized spacial score (nSPS) is 18.5. The van der Waals surface area contributed by atoms with Crippen LogP contribution in [0.4, 0.5) is 0 Å². The molecule has 0 fully saturated rings. The molecule has 0 amide bonds. The number of halogens is 1. The average molecular weight is 213 g/mol. The van der Waals surface area contributed by atoms with Crippen molar-refractivity contribution in [2.24, 2.45) is 0 Å². The van der Waals surface area contributed by atoms with Gasteiger partial charge in [0.15, 0.2) is 0 Å². The van der Waals surface area contributed by atoms with Gasteiger partial charge in [-0.05, 0) is 38.8 Å². The lowest BCUT2D eigenvalue weighted by atomic mass is 9.94. The van der Waals surface area contributed by atoms with E-state index in [1.54, 1.807) is 12.1 Å². The fourth-order valence-electron chi connectivity index (χ4n) is 1.69. The molecule has 0 bridgehead atoms. The van der Waals surface area contributed by atoms with Crippen LogP contribution >= 0.6 is 11.6 Å². The van der Waals surface area contributed by atoms with Crippen LogP contribution < -0.4 is 4.74 Å². The van der Waals surface area contributed by atoms with Crippen molar-refractivity contribution in [3.63, 3.8) is 0 Å². The van der Waals surface area contributed by atoms with Gasteiger partial charge in [-0.2, -0.15) is 0 Å². The van der Waals surface area contributed by atoms with E-state index in [4.69, 9.17) is 16.3 Å². The minimum Gasteiger partial charge on any atom is -0.506 e. The molecule has 0 spiro atoms. The van der Waals surface area contributed by atoms with Crippen molar-refractivity contribution in [1.82, 2.24) is 0 Å². The van der Waals surface area contributed by atoms with Crippen LogP contribution in [0.5, 0.6) is 11.5 Å². The summed E-state index contributed by atoms with van der Waals surface area (Å²) in [6.45, 7) is 4.10. The van der Waals surface area contributed by atoms with Crippen LogP contribution in [0, 0.1) is 0 Å². The Bertz CT molecular complexity index is 372. The molecule has 0 aliphatic carbocycles. The molecule has 1 aromatic carbocycles. The van der Waals surface area contributed by atoms with Crippen molar-refractivity contribution < 1.29 is 9.84 Å². The summed E-state index contributed by atoms with van der Waals surface area (Å²) in [7, 11) is 0. The maximum absolute atomic E-state index is 9.42. The number of aromatic hydroxyl groups is 1. The maximum atomic E-state index is 9.42. The molecule has 0 radical (unpaired) electrons. The number of fused-ring (bicyclic) bond motifs is 1. The molecular formula is C11H13ClO2. The van der Waals surface area contributed by atoms with Gasteiger partial charge in [-0.3, -0.25) is 0 Å². The molecule has 2 rings (SSSR count). The Labute approximate surface area is 88.5 Å². The van der Waals surface area contributed by atoms with Crippen LogP contribution in [-0.2, 0) is 6.42 Å². The number of benzene rings is 1. The van der Waals surface area contributed by atoms with Crippen LogP contribution in [0.15, 0.2) is 12.1 Å². The van der Waals surface area contributed by atoms with Gasteiger partial charge in [-0.25, -0.2) is 0 Å². The van der Waals surface area contributed by atoms with E-state index in [1.165, 1.54) is 0 Å².